The zero-order valence-electron chi connectivity index (χ0n) is 6.92. The van der Waals surface area contributed by atoms with Crippen LogP contribution in [0.2, 0.25) is 0 Å². The molecular weight excluding hydrogens is 132 g/mol. The highest BCUT2D eigenvalue weighted by atomic mass is 16.7. The van der Waals surface area contributed by atoms with E-state index in [1.807, 2.05) is 20.8 Å². The van der Waals surface area contributed by atoms with Gasteiger partial charge in [-0.3, -0.25) is 0 Å². The number of hydrogen-bond acceptors (Lipinski definition) is 3. The van der Waals surface area contributed by atoms with Crippen LogP contribution in [-0.4, -0.2) is 26.3 Å². The fourth-order valence-corrected chi connectivity index (χ4v) is 0.360. The van der Waals surface area contributed by atoms with Gasteiger partial charge in [0.1, 0.15) is 13.6 Å². The Bertz CT molecular complexity index is 63.9. The van der Waals surface area contributed by atoms with Gasteiger partial charge in [-0.2, -0.15) is 0 Å². The van der Waals surface area contributed by atoms with Crippen LogP contribution in [0.1, 0.15) is 20.8 Å². The summed E-state index contributed by atoms with van der Waals surface area (Å²) >= 11 is 0. The average molecular weight is 148 g/mol. The van der Waals surface area contributed by atoms with Gasteiger partial charge in [-0.05, 0) is 20.8 Å². The van der Waals surface area contributed by atoms with Crippen molar-refractivity contribution in [1.29, 1.82) is 0 Å². The predicted octanol–water partition coefficient (Wildman–Crippen LogP) is 1.38. The smallest absolute Gasteiger partial charge is 0.149 e. The minimum atomic E-state index is 0.224. The van der Waals surface area contributed by atoms with Crippen LogP contribution in [0.25, 0.3) is 0 Å². The SMILES string of the molecule is CCOCOCOC(C)C. The Labute approximate surface area is 62.3 Å². The van der Waals surface area contributed by atoms with Crippen LogP contribution >= 0.6 is 0 Å². The van der Waals surface area contributed by atoms with Gasteiger partial charge in [0.2, 0.25) is 0 Å². The molecule has 3 heteroatoms. The summed E-state index contributed by atoms with van der Waals surface area (Å²) in [5.74, 6) is 0. The van der Waals surface area contributed by atoms with E-state index in [0.29, 0.717) is 20.2 Å². The molecule has 0 fully saturated rings. The first-order chi connectivity index (χ1) is 4.77. The maximum absolute atomic E-state index is 5.09. The van der Waals surface area contributed by atoms with Crippen LogP contribution in [0.15, 0.2) is 0 Å². The van der Waals surface area contributed by atoms with Crippen molar-refractivity contribution in [2.75, 3.05) is 20.2 Å². The third-order valence-electron chi connectivity index (χ3n) is 0.855. The van der Waals surface area contributed by atoms with E-state index in [9.17, 15) is 0 Å². The second-order valence-electron chi connectivity index (χ2n) is 2.15. The molecule has 0 aliphatic rings. The molecule has 0 aromatic rings. The third-order valence-corrected chi connectivity index (χ3v) is 0.855. The summed E-state index contributed by atoms with van der Waals surface area (Å²) in [4.78, 5) is 0. The molecule has 0 aliphatic carbocycles. The van der Waals surface area contributed by atoms with Crippen LogP contribution in [0.3, 0.4) is 0 Å². The summed E-state index contributed by atoms with van der Waals surface area (Å²) in [6, 6.07) is 0. The summed E-state index contributed by atoms with van der Waals surface area (Å²) in [5.41, 5.74) is 0. The molecule has 0 bridgehead atoms. The van der Waals surface area contributed by atoms with Crippen LogP contribution < -0.4 is 0 Å². The summed E-state index contributed by atoms with van der Waals surface area (Å²) < 4.78 is 14.9. The highest BCUT2D eigenvalue weighted by molar-refractivity contribution is 4.29. The van der Waals surface area contributed by atoms with Crippen molar-refractivity contribution in [3.63, 3.8) is 0 Å². The third kappa shape index (κ3) is 7.88. The van der Waals surface area contributed by atoms with Gasteiger partial charge in [0, 0.05) is 6.61 Å². The fourth-order valence-electron chi connectivity index (χ4n) is 0.360. The first-order valence-electron chi connectivity index (χ1n) is 3.54. The topological polar surface area (TPSA) is 27.7 Å². The first-order valence-corrected chi connectivity index (χ1v) is 3.54. The van der Waals surface area contributed by atoms with Crippen LogP contribution in [0.4, 0.5) is 0 Å². The summed E-state index contributed by atoms with van der Waals surface area (Å²) in [5, 5.41) is 0. The molecule has 0 N–H and O–H groups in total. The highest BCUT2D eigenvalue weighted by Crippen LogP contribution is 1.87. The standard InChI is InChI=1S/C7H16O3/c1-4-8-5-9-6-10-7(2)3/h7H,4-6H2,1-3H3. The second kappa shape index (κ2) is 6.99. The van der Waals surface area contributed by atoms with Crippen molar-refractivity contribution >= 4 is 0 Å². The molecule has 10 heavy (non-hydrogen) atoms. The average Bonchev–Trinajstić information content (AvgIpc) is 1.87. The molecule has 0 saturated heterocycles. The molecule has 3 nitrogen and oxygen atoms in total. The Hall–Kier alpha value is -0.120. The highest BCUT2D eigenvalue weighted by Gasteiger charge is 1.90. The van der Waals surface area contributed by atoms with Crippen molar-refractivity contribution in [2.45, 2.75) is 26.9 Å². The largest absolute Gasteiger partial charge is 0.356 e. The van der Waals surface area contributed by atoms with E-state index < -0.39 is 0 Å². The van der Waals surface area contributed by atoms with E-state index in [4.69, 9.17) is 14.2 Å². The first kappa shape index (κ1) is 9.88. The Morgan fingerprint density at radius 1 is 1.10 bits per heavy atom. The van der Waals surface area contributed by atoms with E-state index in [2.05, 4.69) is 0 Å². The minimum absolute atomic E-state index is 0.224. The lowest BCUT2D eigenvalue weighted by molar-refractivity contribution is -0.141. The Morgan fingerprint density at radius 3 is 2.30 bits per heavy atom. The Kier molecular flexibility index (Phi) is 6.91. The van der Waals surface area contributed by atoms with E-state index >= 15 is 0 Å². The molecule has 0 saturated carbocycles. The van der Waals surface area contributed by atoms with Crippen molar-refractivity contribution in [3.05, 3.63) is 0 Å². The summed E-state index contributed by atoms with van der Waals surface area (Å²) in [7, 11) is 0. The zero-order valence-corrected chi connectivity index (χ0v) is 6.92. The van der Waals surface area contributed by atoms with Gasteiger partial charge >= 0.3 is 0 Å². The van der Waals surface area contributed by atoms with E-state index in [-0.39, 0.29) is 6.10 Å². The number of ether oxygens (including phenoxy) is 3. The molecule has 0 spiro atoms. The maximum atomic E-state index is 5.09. The van der Waals surface area contributed by atoms with Gasteiger partial charge in [0.15, 0.2) is 0 Å². The Balaban J connectivity index is 2.77. The van der Waals surface area contributed by atoms with Crippen molar-refractivity contribution < 1.29 is 14.2 Å². The predicted molar refractivity (Wildman–Crippen MR) is 38.7 cm³/mol. The molecule has 0 unspecified atom stereocenters. The summed E-state index contributed by atoms with van der Waals surface area (Å²) in [6.45, 7) is 7.17. The summed E-state index contributed by atoms with van der Waals surface area (Å²) in [6.07, 6.45) is 0.224. The van der Waals surface area contributed by atoms with Crippen molar-refractivity contribution in [3.8, 4) is 0 Å². The number of rotatable bonds is 6. The fraction of sp³-hybridized carbons (Fsp3) is 1.00. The van der Waals surface area contributed by atoms with E-state index in [1.165, 1.54) is 0 Å². The van der Waals surface area contributed by atoms with E-state index in [0.717, 1.165) is 0 Å². The normalized spacial score (nSPS) is 10.8. The molecule has 0 aromatic carbocycles. The second-order valence-corrected chi connectivity index (χ2v) is 2.15. The zero-order chi connectivity index (χ0) is 7.82. The van der Waals surface area contributed by atoms with Gasteiger partial charge < -0.3 is 14.2 Å². The van der Waals surface area contributed by atoms with Crippen LogP contribution in [-0.2, 0) is 14.2 Å². The van der Waals surface area contributed by atoms with Gasteiger partial charge in [-0.15, -0.1) is 0 Å². The molecular formula is C7H16O3. The Morgan fingerprint density at radius 2 is 1.80 bits per heavy atom. The molecule has 0 heterocycles. The molecule has 0 rings (SSSR count). The molecule has 0 radical (unpaired) electrons. The lowest BCUT2D eigenvalue weighted by Crippen LogP contribution is -2.09. The van der Waals surface area contributed by atoms with E-state index in [1.54, 1.807) is 0 Å². The molecule has 0 aliphatic heterocycles. The van der Waals surface area contributed by atoms with Gasteiger partial charge in [-0.1, -0.05) is 0 Å². The molecule has 0 atom stereocenters. The lowest BCUT2D eigenvalue weighted by atomic mass is 10.5. The number of hydrogen-bond donors (Lipinski definition) is 0. The van der Waals surface area contributed by atoms with Gasteiger partial charge in [0.25, 0.3) is 0 Å². The quantitative estimate of drug-likeness (QED) is 0.420. The molecule has 0 aromatic heterocycles. The van der Waals surface area contributed by atoms with Crippen molar-refractivity contribution in [1.82, 2.24) is 0 Å². The molecule has 62 valence electrons. The van der Waals surface area contributed by atoms with Crippen LogP contribution in [0, 0.1) is 0 Å². The maximum Gasteiger partial charge on any atom is 0.149 e. The van der Waals surface area contributed by atoms with Crippen molar-refractivity contribution in [2.24, 2.45) is 0 Å². The lowest BCUT2D eigenvalue weighted by Gasteiger charge is -2.07. The van der Waals surface area contributed by atoms with Gasteiger partial charge in [-0.25, -0.2) is 0 Å². The van der Waals surface area contributed by atoms with Gasteiger partial charge in [0.05, 0.1) is 6.10 Å². The molecule has 0 amide bonds. The van der Waals surface area contributed by atoms with Crippen LogP contribution in [0.5, 0.6) is 0 Å². The monoisotopic (exact) mass is 148 g/mol. The minimum Gasteiger partial charge on any atom is -0.356 e.